The molecule has 3 atom stereocenters. The molecule has 1 aliphatic rings. The van der Waals surface area contributed by atoms with Crippen LogP contribution in [0.3, 0.4) is 0 Å². The monoisotopic (exact) mass is 222 g/mol. The molecule has 1 fully saturated rings. The second kappa shape index (κ2) is 4.54. The van der Waals surface area contributed by atoms with Gasteiger partial charge in [0.05, 0.1) is 6.10 Å². The first-order valence-electron chi connectivity index (χ1n) is 6.02. The Labute approximate surface area is 96.3 Å². The summed E-state index contributed by atoms with van der Waals surface area (Å²) in [7, 11) is 0. The van der Waals surface area contributed by atoms with E-state index in [1.54, 1.807) is 6.07 Å². The van der Waals surface area contributed by atoms with Crippen molar-refractivity contribution in [2.75, 3.05) is 0 Å². The van der Waals surface area contributed by atoms with Crippen molar-refractivity contribution in [3.8, 4) is 0 Å². The van der Waals surface area contributed by atoms with Gasteiger partial charge in [-0.25, -0.2) is 4.39 Å². The number of hydrogen-bond donors (Lipinski definition) is 1. The molecular formula is C14H19FO. The Kier molecular flexibility index (Phi) is 3.29. The highest BCUT2D eigenvalue weighted by atomic mass is 19.1. The van der Waals surface area contributed by atoms with Gasteiger partial charge in [-0.05, 0) is 54.9 Å². The third kappa shape index (κ3) is 2.27. The van der Waals surface area contributed by atoms with Crippen LogP contribution in [0.15, 0.2) is 18.2 Å². The molecule has 0 bridgehead atoms. The molecule has 0 aliphatic heterocycles. The zero-order valence-electron chi connectivity index (χ0n) is 9.91. The van der Waals surface area contributed by atoms with E-state index in [4.69, 9.17) is 0 Å². The van der Waals surface area contributed by atoms with Crippen LogP contribution in [0.4, 0.5) is 4.39 Å². The Hall–Kier alpha value is -0.890. The molecule has 1 aromatic rings. The molecule has 1 aliphatic carbocycles. The van der Waals surface area contributed by atoms with Crippen LogP contribution < -0.4 is 0 Å². The van der Waals surface area contributed by atoms with Gasteiger partial charge in [-0.1, -0.05) is 19.4 Å². The minimum absolute atomic E-state index is 0.259. The highest BCUT2D eigenvalue weighted by Crippen LogP contribution is 2.39. The standard InChI is InChI=1S/C14H19FO/c1-9-3-5-11(7-9)14(16)13-8-12(15)6-4-10(13)2/h4,6,8-9,11,14,16H,3,5,7H2,1-2H3. The van der Waals surface area contributed by atoms with Gasteiger partial charge in [-0.2, -0.15) is 0 Å². The van der Waals surface area contributed by atoms with Crippen LogP contribution in [-0.2, 0) is 0 Å². The number of aliphatic hydroxyl groups is 1. The predicted octanol–water partition coefficient (Wildman–Crippen LogP) is 3.60. The van der Waals surface area contributed by atoms with Gasteiger partial charge in [-0.3, -0.25) is 0 Å². The molecule has 1 aromatic carbocycles. The molecule has 2 rings (SSSR count). The molecule has 2 heteroatoms. The molecule has 0 radical (unpaired) electrons. The summed E-state index contributed by atoms with van der Waals surface area (Å²) in [6, 6.07) is 4.66. The highest BCUT2D eigenvalue weighted by molar-refractivity contribution is 5.29. The summed E-state index contributed by atoms with van der Waals surface area (Å²) in [4.78, 5) is 0. The molecule has 88 valence electrons. The van der Waals surface area contributed by atoms with Crippen molar-refractivity contribution >= 4 is 0 Å². The molecule has 3 unspecified atom stereocenters. The van der Waals surface area contributed by atoms with Crippen LogP contribution in [0.25, 0.3) is 0 Å². The number of halogens is 1. The lowest BCUT2D eigenvalue weighted by molar-refractivity contribution is 0.109. The average molecular weight is 222 g/mol. The van der Waals surface area contributed by atoms with Gasteiger partial charge in [0.1, 0.15) is 5.82 Å². The second-order valence-electron chi connectivity index (χ2n) is 5.12. The van der Waals surface area contributed by atoms with Gasteiger partial charge < -0.3 is 5.11 Å². The number of hydrogen-bond acceptors (Lipinski definition) is 1. The van der Waals surface area contributed by atoms with Crippen molar-refractivity contribution < 1.29 is 9.50 Å². The van der Waals surface area contributed by atoms with Crippen molar-refractivity contribution in [2.45, 2.75) is 39.2 Å². The zero-order valence-corrected chi connectivity index (χ0v) is 9.91. The summed E-state index contributed by atoms with van der Waals surface area (Å²) >= 11 is 0. The first-order valence-corrected chi connectivity index (χ1v) is 6.02. The topological polar surface area (TPSA) is 20.2 Å². The Bertz CT molecular complexity index is 375. The van der Waals surface area contributed by atoms with Gasteiger partial charge in [-0.15, -0.1) is 0 Å². The van der Waals surface area contributed by atoms with Gasteiger partial charge >= 0.3 is 0 Å². The van der Waals surface area contributed by atoms with E-state index in [1.165, 1.54) is 18.6 Å². The largest absolute Gasteiger partial charge is 0.388 e. The van der Waals surface area contributed by atoms with E-state index in [0.29, 0.717) is 11.8 Å². The van der Waals surface area contributed by atoms with E-state index in [9.17, 15) is 9.50 Å². The lowest BCUT2D eigenvalue weighted by Gasteiger charge is -2.20. The first kappa shape index (κ1) is 11.6. The predicted molar refractivity (Wildman–Crippen MR) is 62.6 cm³/mol. The summed E-state index contributed by atoms with van der Waals surface area (Å²) < 4.78 is 13.2. The minimum Gasteiger partial charge on any atom is -0.388 e. The maximum atomic E-state index is 13.2. The number of rotatable bonds is 2. The van der Waals surface area contributed by atoms with Gasteiger partial charge in [0.25, 0.3) is 0 Å². The maximum Gasteiger partial charge on any atom is 0.123 e. The van der Waals surface area contributed by atoms with Crippen LogP contribution in [0.1, 0.15) is 43.4 Å². The fourth-order valence-corrected chi connectivity index (χ4v) is 2.72. The molecular weight excluding hydrogens is 203 g/mol. The highest BCUT2D eigenvalue weighted by Gasteiger charge is 2.29. The Morgan fingerprint density at radius 3 is 2.75 bits per heavy atom. The minimum atomic E-state index is -0.499. The normalized spacial score (nSPS) is 27.0. The molecule has 0 spiro atoms. The van der Waals surface area contributed by atoms with E-state index in [0.717, 1.165) is 24.0 Å². The molecule has 0 heterocycles. The molecule has 1 nitrogen and oxygen atoms in total. The average Bonchev–Trinajstić information content (AvgIpc) is 2.67. The molecule has 0 saturated heterocycles. The molecule has 0 amide bonds. The second-order valence-corrected chi connectivity index (χ2v) is 5.12. The number of benzene rings is 1. The van der Waals surface area contributed by atoms with Crippen molar-refractivity contribution in [1.82, 2.24) is 0 Å². The number of aryl methyl sites for hydroxylation is 1. The lowest BCUT2D eigenvalue weighted by atomic mass is 9.91. The van der Waals surface area contributed by atoms with Crippen molar-refractivity contribution in [3.05, 3.63) is 35.1 Å². The van der Waals surface area contributed by atoms with Crippen LogP contribution in [0, 0.1) is 24.6 Å². The lowest BCUT2D eigenvalue weighted by Crippen LogP contribution is -2.11. The Morgan fingerprint density at radius 1 is 1.38 bits per heavy atom. The van der Waals surface area contributed by atoms with Crippen LogP contribution in [0.5, 0.6) is 0 Å². The summed E-state index contributed by atoms with van der Waals surface area (Å²) in [6.45, 7) is 4.14. The van der Waals surface area contributed by atoms with Crippen LogP contribution in [0.2, 0.25) is 0 Å². The summed E-state index contributed by atoms with van der Waals surface area (Å²) in [5.74, 6) is 0.731. The third-order valence-electron chi connectivity index (χ3n) is 3.74. The summed E-state index contributed by atoms with van der Waals surface area (Å²) in [6.07, 6.45) is 2.78. The van der Waals surface area contributed by atoms with Gasteiger partial charge in [0.15, 0.2) is 0 Å². The molecule has 1 N–H and O–H groups in total. The fraction of sp³-hybridized carbons (Fsp3) is 0.571. The summed E-state index contributed by atoms with van der Waals surface area (Å²) in [5, 5.41) is 10.3. The van der Waals surface area contributed by atoms with E-state index >= 15 is 0 Å². The van der Waals surface area contributed by atoms with E-state index in [2.05, 4.69) is 6.92 Å². The van der Waals surface area contributed by atoms with Crippen LogP contribution in [-0.4, -0.2) is 5.11 Å². The van der Waals surface area contributed by atoms with E-state index in [1.807, 2.05) is 6.92 Å². The first-order chi connectivity index (χ1) is 7.58. The smallest absolute Gasteiger partial charge is 0.123 e. The van der Waals surface area contributed by atoms with Gasteiger partial charge in [0.2, 0.25) is 0 Å². The van der Waals surface area contributed by atoms with E-state index < -0.39 is 6.10 Å². The Balaban J connectivity index is 2.20. The zero-order chi connectivity index (χ0) is 11.7. The molecule has 0 aromatic heterocycles. The third-order valence-corrected chi connectivity index (χ3v) is 3.74. The summed E-state index contributed by atoms with van der Waals surface area (Å²) in [5.41, 5.74) is 1.74. The van der Waals surface area contributed by atoms with Gasteiger partial charge in [0, 0.05) is 0 Å². The molecule has 1 saturated carbocycles. The Morgan fingerprint density at radius 2 is 2.12 bits per heavy atom. The van der Waals surface area contributed by atoms with Crippen molar-refractivity contribution in [1.29, 1.82) is 0 Å². The van der Waals surface area contributed by atoms with Crippen molar-refractivity contribution in [2.24, 2.45) is 11.8 Å². The maximum absolute atomic E-state index is 13.2. The fourth-order valence-electron chi connectivity index (χ4n) is 2.72. The number of aliphatic hydroxyl groups excluding tert-OH is 1. The van der Waals surface area contributed by atoms with Crippen molar-refractivity contribution in [3.63, 3.8) is 0 Å². The quantitative estimate of drug-likeness (QED) is 0.810. The van der Waals surface area contributed by atoms with Crippen LogP contribution >= 0.6 is 0 Å². The molecule has 16 heavy (non-hydrogen) atoms. The SMILES string of the molecule is Cc1ccc(F)cc1C(O)C1CCC(C)C1. The van der Waals surface area contributed by atoms with E-state index in [-0.39, 0.29) is 5.82 Å².